The van der Waals surface area contributed by atoms with Crippen molar-refractivity contribution in [3.8, 4) is 0 Å². The van der Waals surface area contributed by atoms with E-state index in [2.05, 4.69) is 10.8 Å². The average molecular weight is 344 g/mol. The number of rotatable bonds is 4. The predicted octanol–water partition coefficient (Wildman–Crippen LogP) is 3.04. The molecule has 0 spiro atoms. The largest absolute Gasteiger partial charge is 0.308 e. The van der Waals surface area contributed by atoms with Gasteiger partial charge in [0.05, 0.1) is 5.75 Å². The molecule has 0 fully saturated rings. The van der Waals surface area contributed by atoms with Crippen LogP contribution in [0.2, 0.25) is 0 Å². The van der Waals surface area contributed by atoms with E-state index in [9.17, 15) is 13.2 Å². The van der Waals surface area contributed by atoms with Gasteiger partial charge >= 0.3 is 0 Å². The van der Waals surface area contributed by atoms with E-state index in [0.717, 1.165) is 18.5 Å². The maximum absolute atomic E-state index is 12.8. The van der Waals surface area contributed by atoms with Crippen LogP contribution in [0, 0.1) is 0 Å². The zero-order chi connectivity index (χ0) is 17.2. The molecule has 0 aliphatic carbocycles. The first-order valence-electron chi connectivity index (χ1n) is 8.00. The van der Waals surface area contributed by atoms with Gasteiger partial charge in [0.1, 0.15) is 0 Å². The van der Waals surface area contributed by atoms with Crippen LogP contribution in [0.5, 0.6) is 0 Å². The Balaban J connectivity index is 1.82. The molecule has 1 N–H and O–H groups in total. The van der Waals surface area contributed by atoms with E-state index in [4.69, 9.17) is 0 Å². The lowest BCUT2D eigenvalue weighted by atomic mass is 10.0. The minimum Gasteiger partial charge on any atom is -0.308 e. The van der Waals surface area contributed by atoms with Crippen molar-refractivity contribution in [3.05, 3.63) is 59.7 Å². The summed E-state index contributed by atoms with van der Waals surface area (Å²) >= 11 is 0. The lowest BCUT2D eigenvalue weighted by Gasteiger charge is -2.29. The van der Waals surface area contributed by atoms with Gasteiger partial charge in [-0.25, -0.2) is 8.42 Å². The number of aryl methyl sites for hydroxylation is 1. The number of amides is 1. The second-order valence-electron chi connectivity index (χ2n) is 5.77. The Morgan fingerprint density at radius 1 is 1.12 bits per heavy atom. The third-order valence-corrected chi connectivity index (χ3v) is 5.45. The van der Waals surface area contributed by atoms with Gasteiger partial charge in [0.2, 0.25) is 10.0 Å². The standard InChI is InChI=1S/C18H20N2O3S/c1-2-24(22,23)19-16-11-9-15(10-12-16)18(21)20-13-5-7-14-6-3-4-8-17(14)20/h3-4,6,8-12,19H,2,5,7,13H2,1H3. The summed E-state index contributed by atoms with van der Waals surface area (Å²) < 4.78 is 25.6. The number of nitrogens with one attached hydrogen (secondary N) is 1. The van der Waals surface area contributed by atoms with Crippen molar-refractivity contribution in [1.82, 2.24) is 0 Å². The van der Waals surface area contributed by atoms with Gasteiger partial charge in [0.25, 0.3) is 5.91 Å². The third kappa shape index (κ3) is 3.43. The molecule has 0 radical (unpaired) electrons. The molecule has 5 nitrogen and oxygen atoms in total. The molecule has 0 aromatic heterocycles. The minimum absolute atomic E-state index is 0.0121. The molecule has 0 saturated heterocycles. The van der Waals surface area contributed by atoms with Gasteiger partial charge < -0.3 is 4.90 Å². The highest BCUT2D eigenvalue weighted by Gasteiger charge is 2.23. The average Bonchev–Trinajstić information content (AvgIpc) is 2.61. The van der Waals surface area contributed by atoms with Crippen LogP contribution >= 0.6 is 0 Å². The smallest absolute Gasteiger partial charge is 0.258 e. The van der Waals surface area contributed by atoms with Crippen molar-refractivity contribution in [3.63, 3.8) is 0 Å². The van der Waals surface area contributed by atoms with E-state index in [1.807, 2.05) is 18.2 Å². The molecule has 1 amide bonds. The summed E-state index contributed by atoms with van der Waals surface area (Å²) in [5.41, 5.74) is 3.16. The number of anilines is 2. The molecule has 24 heavy (non-hydrogen) atoms. The SMILES string of the molecule is CCS(=O)(=O)Nc1ccc(C(=O)N2CCCc3ccccc32)cc1. The van der Waals surface area contributed by atoms with E-state index >= 15 is 0 Å². The van der Waals surface area contributed by atoms with Crippen LogP contribution in [0.1, 0.15) is 29.3 Å². The fraction of sp³-hybridized carbons (Fsp3) is 0.278. The summed E-state index contributed by atoms with van der Waals surface area (Å²) in [6.07, 6.45) is 1.93. The molecular weight excluding hydrogens is 324 g/mol. The third-order valence-electron chi connectivity index (χ3n) is 4.14. The second kappa shape index (κ2) is 6.65. The highest BCUT2D eigenvalue weighted by molar-refractivity contribution is 7.92. The Labute approximate surface area is 142 Å². The molecule has 1 aliphatic heterocycles. The molecular formula is C18H20N2O3S. The summed E-state index contributed by atoms with van der Waals surface area (Å²) in [5, 5.41) is 0. The van der Waals surface area contributed by atoms with Crippen LogP contribution in [-0.2, 0) is 16.4 Å². The number of hydrogen-bond acceptors (Lipinski definition) is 3. The molecule has 6 heteroatoms. The lowest BCUT2D eigenvalue weighted by Crippen LogP contribution is -2.35. The molecule has 126 valence electrons. The first-order chi connectivity index (χ1) is 11.5. The van der Waals surface area contributed by atoms with E-state index < -0.39 is 10.0 Å². The summed E-state index contributed by atoms with van der Waals surface area (Å²) in [6, 6.07) is 14.5. The summed E-state index contributed by atoms with van der Waals surface area (Å²) in [6.45, 7) is 2.27. The van der Waals surface area contributed by atoms with E-state index in [1.165, 1.54) is 5.56 Å². The van der Waals surface area contributed by atoms with E-state index in [0.29, 0.717) is 17.8 Å². The Morgan fingerprint density at radius 2 is 1.83 bits per heavy atom. The summed E-state index contributed by atoms with van der Waals surface area (Å²) in [4.78, 5) is 14.6. The van der Waals surface area contributed by atoms with Crippen molar-refractivity contribution >= 4 is 27.3 Å². The zero-order valence-electron chi connectivity index (χ0n) is 13.5. The predicted molar refractivity (Wildman–Crippen MR) is 96.0 cm³/mol. The first-order valence-corrected chi connectivity index (χ1v) is 9.66. The van der Waals surface area contributed by atoms with Gasteiger partial charge in [-0.3, -0.25) is 9.52 Å². The van der Waals surface area contributed by atoms with E-state index in [-0.39, 0.29) is 11.7 Å². The summed E-state index contributed by atoms with van der Waals surface area (Å²) in [7, 11) is -3.31. The number of nitrogens with zero attached hydrogens (tertiary/aromatic N) is 1. The van der Waals surface area contributed by atoms with Gasteiger partial charge in [-0.2, -0.15) is 0 Å². The molecule has 1 heterocycles. The second-order valence-corrected chi connectivity index (χ2v) is 7.78. The van der Waals surface area contributed by atoms with Crippen molar-refractivity contribution in [2.75, 3.05) is 21.9 Å². The zero-order valence-corrected chi connectivity index (χ0v) is 14.3. The molecule has 0 saturated carbocycles. The van der Waals surface area contributed by atoms with Gasteiger partial charge in [0.15, 0.2) is 0 Å². The van der Waals surface area contributed by atoms with Crippen LogP contribution in [0.3, 0.4) is 0 Å². The van der Waals surface area contributed by atoms with Crippen LogP contribution in [0.25, 0.3) is 0 Å². The molecule has 2 aromatic rings. The van der Waals surface area contributed by atoms with E-state index in [1.54, 1.807) is 36.1 Å². The Kier molecular flexibility index (Phi) is 4.57. The normalized spacial score (nSPS) is 14.1. The van der Waals surface area contributed by atoms with Crippen molar-refractivity contribution < 1.29 is 13.2 Å². The van der Waals surface area contributed by atoms with Crippen LogP contribution in [0.15, 0.2) is 48.5 Å². The highest BCUT2D eigenvalue weighted by atomic mass is 32.2. The molecule has 0 unspecified atom stereocenters. The monoisotopic (exact) mass is 344 g/mol. The molecule has 2 aromatic carbocycles. The first kappa shape index (κ1) is 16.5. The number of para-hydroxylation sites is 1. The van der Waals surface area contributed by atoms with Crippen LogP contribution in [0.4, 0.5) is 11.4 Å². The highest BCUT2D eigenvalue weighted by Crippen LogP contribution is 2.28. The fourth-order valence-electron chi connectivity index (χ4n) is 2.83. The Morgan fingerprint density at radius 3 is 2.54 bits per heavy atom. The molecule has 1 aliphatic rings. The molecule has 0 atom stereocenters. The van der Waals surface area contributed by atoms with Gasteiger partial charge in [-0.15, -0.1) is 0 Å². The Bertz CT molecular complexity index is 845. The lowest BCUT2D eigenvalue weighted by molar-refractivity contribution is 0.0985. The Hall–Kier alpha value is -2.34. The fourth-order valence-corrected chi connectivity index (χ4v) is 3.47. The number of sulfonamides is 1. The number of carbonyl (C=O) groups excluding carboxylic acids is 1. The minimum atomic E-state index is -3.31. The number of benzene rings is 2. The number of fused-ring (bicyclic) bond motifs is 1. The quantitative estimate of drug-likeness (QED) is 0.927. The number of hydrogen-bond donors (Lipinski definition) is 1. The van der Waals surface area contributed by atoms with Gasteiger partial charge in [-0.05, 0) is 55.7 Å². The van der Waals surface area contributed by atoms with Crippen LogP contribution < -0.4 is 9.62 Å². The number of carbonyl (C=O) groups is 1. The molecule has 0 bridgehead atoms. The van der Waals surface area contributed by atoms with Gasteiger partial charge in [-0.1, -0.05) is 18.2 Å². The summed E-state index contributed by atoms with van der Waals surface area (Å²) in [5.74, 6) is -0.0508. The maximum Gasteiger partial charge on any atom is 0.258 e. The van der Waals surface area contributed by atoms with Crippen molar-refractivity contribution in [1.29, 1.82) is 0 Å². The van der Waals surface area contributed by atoms with Crippen molar-refractivity contribution in [2.45, 2.75) is 19.8 Å². The maximum atomic E-state index is 12.8. The van der Waals surface area contributed by atoms with Gasteiger partial charge in [0, 0.05) is 23.5 Å². The topological polar surface area (TPSA) is 66.5 Å². The molecule has 3 rings (SSSR count). The van der Waals surface area contributed by atoms with Crippen LogP contribution in [-0.4, -0.2) is 26.6 Å². The van der Waals surface area contributed by atoms with Crippen molar-refractivity contribution in [2.24, 2.45) is 0 Å².